The zero-order valence-corrected chi connectivity index (χ0v) is 15.6. The van der Waals surface area contributed by atoms with Gasteiger partial charge in [0.15, 0.2) is 0 Å². The Kier molecular flexibility index (Phi) is 5.91. The first-order valence-electron chi connectivity index (χ1n) is 8.90. The lowest BCUT2D eigenvalue weighted by atomic mass is 9.84. The number of pyridine rings is 1. The van der Waals surface area contributed by atoms with E-state index in [-0.39, 0.29) is 17.1 Å². The number of carbonyl (C=O) groups excluding carboxylic acids is 1. The maximum Gasteiger partial charge on any atom is 0.257 e. The van der Waals surface area contributed by atoms with E-state index in [4.69, 9.17) is 11.6 Å². The fourth-order valence-corrected chi connectivity index (χ4v) is 3.63. The Morgan fingerprint density at radius 3 is 2.62 bits per heavy atom. The van der Waals surface area contributed by atoms with Crippen molar-refractivity contribution in [3.05, 3.63) is 64.9 Å². The van der Waals surface area contributed by atoms with Crippen molar-refractivity contribution in [2.75, 3.05) is 13.1 Å². The summed E-state index contributed by atoms with van der Waals surface area (Å²) in [4.78, 5) is 19.0. The molecule has 0 saturated carbocycles. The number of piperidine rings is 1. The Morgan fingerprint density at radius 2 is 1.96 bits per heavy atom. The molecule has 1 aliphatic rings. The van der Waals surface area contributed by atoms with E-state index in [9.17, 15) is 9.90 Å². The van der Waals surface area contributed by atoms with Crippen LogP contribution in [0.15, 0.2) is 48.7 Å². The molecule has 2 aromatic rings. The minimum absolute atomic E-state index is 0.181. The molecule has 2 N–H and O–H groups in total. The molecule has 26 heavy (non-hydrogen) atoms. The number of benzene rings is 1. The van der Waals surface area contributed by atoms with Crippen molar-refractivity contribution in [1.29, 1.82) is 0 Å². The number of aromatic nitrogens is 1. The first-order chi connectivity index (χ1) is 12.5. The second-order valence-electron chi connectivity index (χ2n) is 6.79. The van der Waals surface area contributed by atoms with Crippen LogP contribution in [0.3, 0.4) is 0 Å². The summed E-state index contributed by atoms with van der Waals surface area (Å²) in [7, 11) is 0. The monoisotopic (exact) mass is 373 g/mol. The number of nitrogens with one attached hydrogen (secondary N) is 1. The summed E-state index contributed by atoms with van der Waals surface area (Å²) in [6.45, 7) is 3.79. The zero-order valence-electron chi connectivity index (χ0n) is 14.9. The van der Waals surface area contributed by atoms with Crippen LogP contribution in [0.1, 0.15) is 35.7 Å². The van der Waals surface area contributed by atoms with Crippen LogP contribution in [0.5, 0.6) is 0 Å². The van der Waals surface area contributed by atoms with Crippen LogP contribution < -0.4 is 5.32 Å². The summed E-state index contributed by atoms with van der Waals surface area (Å²) in [5.74, 6) is -0.216. The Balaban J connectivity index is 1.93. The van der Waals surface area contributed by atoms with Crippen LogP contribution in [0.25, 0.3) is 0 Å². The summed E-state index contributed by atoms with van der Waals surface area (Å²) in [6, 6.07) is 12.8. The number of carbonyl (C=O) groups is 1. The number of amides is 1. The average molecular weight is 374 g/mol. The maximum atomic E-state index is 13.3. The molecule has 1 amide bonds. The van der Waals surface area contributed by atoms with Crippen molar-refractivity contribution in [3.8, 4) is 0 Å². The molecule has 5 nitrogen and oxygen atoms in total. The second kappa shape index (κ2) is 8.16. The molecule has 0 spiro atoms. The van der Waals surface area contributed by atoms with Crippen molar-refractivity contribution in [2.24, 2.45) is 0 Å². The summed E-state index contributed by atoms with van der Waals surface area (Å²) in [5, 5.41) is 14.6. The van der Waals surface area contributed by atoms with Crippen LogP contribution in [0.2, 0.25) is 5.15 Å². The molecule has 1 aliphatic heterocycles. The Morgan fingerprint density at radius 1 is 1.27 bits per heavy atom. The highest BCUT2D eigenvalue weighted by molar-refractivity contribution is 6.32. The second-order valence-corrected chi connectivity index (χ2v) is 7.15. The van der Waals surface area contributed by atoms with Gasteiger partial charge in [0.25, 0.3) is 5.91 Å². The molecule has 1 saturated heterocycles. The van der Waals surface area contributed by atoms with Gasteiger partial charge in [0, 0.05) is 12.7 Å². The summed E-state index contributed by atoms with van der Waals surface area (Å²) >= 11 is 6.16. The number of rotatable bonds is 5. The van der Waals surface area contributed by atoms with Crippen LogP contribution in [-0.2, 0) is 6.54 Å². The van der Waals surface area contributed by atoms with Gasteiger partial charge in [0.1, 0.15) is 5.15 Å². The van der Waals surface area contributed by atoms with Crippen molar-refractivity contribution < 1.29 is 9.90 Å². The molecule has 1 fully saturated rings. The molecule has 3 rings (SSSR count). The van der Waals surface area contributed by atoms with E-state index < -0.39 is 5.60 Å². The average Bonchev–Trinajstić information content (AvgIpc) is 2.67. The smallest absolute Gasteiger partial charge is 0.257 e. The standard InChI is InChI=1S/C20H24ClN3O2/c1-15(20(26)9-12-22-13-10-20)24(14-16-6-3-2-4-7-16)19(25)17-8-5-11-23-18(17)21/h2-8,11,15,22,26H,9-10,12-14H2,1H3. The topological polar surface area (TPSA) is 65.5 Å². The number of halogens is 1. The van der Waals surface area contributed by atoms with E-state index in [0.717, 1.165) is 18.7 Å². The van der Waals surface area contributed by atoms with Crippen LogP contribution in [-0.4, -0.2) is 45.6 Å². The highest BCUT2D eigenvalue weighted by atomic mass is 35.5. The molecule has 0 radical (unpaired) electrons. The molecule has 2 heterocycles. The van der Waals surface area contributed by atoms with E-state index >= 15 is 0 Å². The summed E-state index contributed by atoms with van der Waals surface area (Å²) in [6.07, 6.45) is 2.77. The minimum atomic E-state index is -0.926. The van der Waals surface area contributed by atoms with Crippen molar-refractivity contribution in [2.45, 2.75) is 38.0 Å². The van der Waals surface area contributed by atoms with Gasteiger partial charge < -0.3 is 15.3 Å². The van der Waals surface area contributed by atoms with Crippen molar-refractivity contribution in [1.82, 2.24) is 15.2 Å². The first-order valence-corrected chi connectivity index (χ1v) is 9.27. The van der Waals surface area contributed by atoms with Crippen LogP contribution in [0, 0.1) is 0 Å². The molecule has 6 heteroatoms. The quantitative estimate of drug-likeness (QED) is 0.791. The van der Waals surface area contributed by atoms with Crippen LogP contribution in [0.4, 0.5) is 0 Å². The highest BCUT2D eigenvalue weighted by Gasteiger charge is 2.40. The van der Waals surface area contributed by atoms with Crippen LogP contribution >= 0.6 is 11.6 Å². The van der Waals surface area contributed by atoms with Crippen molar-refractivity contribution >= 4 is 17.5 Å². The van der Waals surface area contributed by atoms with Gasteiger partial charge in [-0.2, -0.15) is 0 Å². The van der Waals surface area contributed by atoms with E-state index in [1.807, 2.05) is 37.3 Å². The molecule has 1 aromatic heterocycles. The highest BCUT2D eigenvalue weighted by Crippen LogP contribution is 2.29. The zero-order chi connectivity index (χ0) is 18.6. The van der Waals surface area contributed by atoms with Gasteiger partial charge >= 0.3 is 0 Å². The Hall–Kier alpha value is -1.95. The Labute approximate surface area is 159 Å². The molecule has 138 valence electrons. The maximum absolute atomic E-state index is 13.3. The molecular formula is C20H24ClN3O2. The van der Waals surface area contributed by atoms with Gasteiger partial charge in [-0.05, 0) is 50.6 Å². The van der Waals surface area contributed by atoms with E-state index in [0.29, 0.717) is 24.9 Å². The first kappa shape index (κ1) is 18.8. The van der Waals surface area contributed by atoms with E-state index in [2.05, 4.69) is 10.3 Å². The largest absolute Gasteiger partial charge is 0.388 e. The van der Waals surface area contributed by atoms with Gasteiger partial charge in [-0.25, -0.2) is 4.98 Å². The van der Waals surface area contributed by atoms with E-state index in [1.165, 1.54) is 0 Å². The molecule has 0 aliphatic carbocycles. The van der Waals surface area contributed by atoms with Gasteiger partial charge in [0.05, 0.1) is 17.2 Å². The molecule has 0 bridgehead atoms. The number of aliphatic hydroxyl groups is 1. The number of hydrogen-bond acceptors (Lipinski definition) is 4. The Bertz CT molecular complexity index is 748. The van der Waals surface area contributed by atoms with E-state index in [1.54, 1.807) is 23.2 Å². The third kappa shape index (κ3) is 4.06. The minimum Gasteiger partial charge on any atom is -0.388 e. The lowest BCUT2D eigenvalue weighted by Gasteiger charge is -2.43. The molecule has 1 unspecified atom stereocenters. The fraction of sp³-hybridized carbons (Fsp3) is 0.400. The predicted molar refractivity (Wildman–Crippen MR) is 102 cm³/mol. The molecule has 1 atom stereocenters. The molecular weight excluding hydrogens is 350 g/mol. The SMILES string of the molecule is CC(N(Cc1ccccc1)C(=O)c1cccnc1Cl)C1(O)CCNCC1. The lowest BCUT2D eigenvalue weighted by molar-refractivity contribution is -0.0555. The predicted octanol–water partition coefficient (Wildman–Crippen LogP) is 2.88. The lowest BCUT2D eigenvalue weighted by Crippen LogP contribution is -2.57. The van der Waals surface area contributed by atoms with Gasteiger partial charge in [-0.3, -0.25) is 4.79 Å². The summed E-state index contributed by atoms with van der Waals surface area (Å²) < 4.78 is 0. The van der Waals surface area contributed by atoms with Gasteiger partial charge in [-0.1, -0.05) is 41.9 Å². The third-order valence-electron chi connectivity index (χ3n) is 5.16. The number of hydrogen-bond donors (Lipinski definition) is 2. The number of nitrogens with zero attached hydrogens (tertiary/aromatic N) is 2. The fourth-order valence-electron chi connectivity index (χ4n) is 3.43. The summed E-state index contributed by atoms with van der Waals surface area (Å²) in [5.41, 5.74) is 0.435. The van der Waals surface area contributed by atoms with Crippen molar-refractivity contribution in [3.63, 3.8) is 0 Å². The van der Waals surface area contributed by atoms with Gasteiger partial charge in [-0.15, -0.1) is 0 Å². The normalized spacial score (nSPS) is 17.5. The molecule has 1 aromatic carbocycles. The third-order valence-corrected chi connectivity index (χ3v) is 5.46. The van der Waals surface area contributed by atoms with Gasteiger partial charge in [0.2, 0.25) is 0 Å².